The van der Waals surface area contributed by atoms with Crippen molar-refractivity contribution in [1.82, 2.24) is 5.32 Å². The summed E-state index contributed by atoms with van der Waals surface area (Å²) in [6, 6.07) is 12.6. The van der Waals surface area contributed by atoms with Crippen molar-refractivity contribution in [1.29, 1.82) is 0 Å². The topological polar surface area (TPSA) is 12.0 Å². The molecule has 0 aliphatic heterocycles. The van der Waals surface area contributed by atoms with E-state index in [1.54, 1.807) is 12.1 Å². The maximum absolute atomic E-state index is 13.3. The van der Waals surface area contributed by atoms with E-state index in [1.807, 2.05) is 31.3 Å². The minimum Gasteiger partial charge on any atom is -0.313 e. The van der Waals surface area contributed by atoms with Crippen LogP contribution in [-0.2, 0) is 6.42 Å². The third-order valence-electron chi connectivity index (χ3n) is 3.05. The molecular formula is C15H14BrClFN. The Morgan fingerprint density at radius 1 is 1.21 bits per heavy atom. The number of rotatable bonds is 4. The zero-order valence-corrected chi connectivity index (χ0v) is 12.8. The molecule has 0 spiro atoms. The lowest BCUT2D eigenvalue weighted by atomic mass is 9.99. The Hall–Kier alpha value is -0.900. The first kappa shape index (κ1) is 14.5. The number of benzene rings is 2. The van der Waals surface area contributed by atoms with Crippen LogP contribution in [0.1, 0.15) is 17.2 Å². The molecule has 1 unspecified atom stereocenters. The van der Waals surface area contributed by atoms with Crippen LogP contribution in [0, 0.1) is 5.82 Å². The molecular weight excluding hydrogens is 329 g/mol. The van der Waals surface area contributed by atoms with Crippen LogP contribution >= 0.6 is 27.5 Å². The van der Waals surface area contributed by atoms with Crippen LogP contribution in [0.15, 0.2) is 46.9 Å². The van der Waals surface area contributed by atoms with Crippen LogP contribution in [0.25, 0.3) is 0 Å². The van der Waals surface area contributed by atoms with Crippen molar-refractivity contribution in [3.63, 3.8) is 0 Å². The van der Waals surface area contributed by atoms with Crippen molar-refractivity contribution < 1.29 is 4.39 Å². The minimum atomic E-state index is -0.218. The van der Waals surface area contributed by atoms with Crippen LogP contribution in [0.5, 0.6) is 0 Å². The lowest BCUT2D eigenvalue weighted by Crippen LogP contribution is -2.19. The second-order valence-electron chi connectivity index (χ2n) is 4.33. The molecule has 1 atom stereocenters. The van der Waals surface area contributed by atoms with Gasteiger partial charge in [0.1, 0.15) is 5.82 Å². The van der Waals surface area contributed by atoms with Crippen molar-refractivity contribution in [3.05, 3.63) is 68.9 Å². The molecule has 4 heteroatoms. The second kappa shape index (κ2) is 6.51. The summed E-state index contributed by atoms with van der Waals surface area (Å²) in [7, 11) is 1.90. The Bertz CT molecular complexity index is 557. The molecule has 0 bridgehead atoms. The van der Waals surface area contributed by atoms with Gasteiger partial charge in [-0.25, -0.2) is 4.39 Å². The first-order valence-corrected chi connectivity index (χ1v) is 7.14. The zero-order chi connectivity index (χ0) is 13.8. The summed E-state index contributed by atoms with van der Waals surface area (Å²) in [6.07, 6.45) is 0.705. The molecule has 1 nitrogen and oxygen atoms in total. The van der Waals surface area contributed by atoms with E-state index in [2.05, 4.69) is 21.2 Å². The molecule has 19 heavy (non-hydrogen) atoms. The summed E-state index contributed by atoms with van der Waals surface area (Å²) < 4.78 is 14.2. The van der Waals surface area contributed by atoms with Gasteiger partial charge in [-0.1, -0.05) is 39.7 Å². The fraction of sp³-hybridized carbons (Fsp3) is 0.200. The van der Waals surface area contributed by atoms with Crippen molar-refractivity contribution in [2.45, 2.75) is 12.5 Å². The van der Waals surface area contributed by atoms with E-state index in [1.165, 1.54) is 6.07 Å². The van der Waals surface area contributed by atoms with Gasteiger partial charge in [0, 0.05) is 15.5 Å². The van der Waals surface area contributed by atoms with Gasteiger partial charge in [0.2, 0.25) is 0 Å². The SMILES string of the molecule is CNC(Cc1cc(F)ccc1Br)c1ccc(Cl)cc1. The minimum absolute atomic E-state index is 0.121. The monoisotopic (exact) mass is 341 g/mol. The van der Waals surface area contributed by atoms with E-state index in [-0.39, 0.29) is 11.9 Å². The van der Waals surface area contributed by atoms with Gasteiger partial charge in [-0.15, -0.1) is 0 Å². The molecule has 100 valence electrons. The highest BCUT2D eigenvalue weighted by molar-refractivity contribution is 9.10. The lowest BCUT2D eigenvalue weighted by Gasteiger charge is -2.17. The summed E-state index contributed by atoms with van der Waals surface area (Å²) in [6.45, 7) is 0. The zero-order valence-electron chi connectivity index (χ0n) is 10.5. The third kappa shape index (κ3) is 3.78. The van der Waals surface area contributed by atoms with Crippen LogP contribution in [-0.4, -0.2) is 7.05 Å². The summed E-state index contributed by atoms with van der Waals surface area (Å²) in [5, 5.41) is 3.96. The Kier molecular flexibility index (Phi) is 4.97. The molecule has 0 saturated heterocycles. The van der Waals surface area contributed by atoms with Crippen molar-refractivity contribution in [3.8, 4) is 0 Å². The normalized spacial score (nSPS) is 12.4. The molecule has 2 rings (SSSR count). The fourth-order valence-electron chi connectivity index (χ4n) is 2.00. The molecule has 2 aromatic carbocycles. The van der Waals surface area contributed by atoms with Crippen molar-refractivity contribution in [2.75, 3.05) is 7.05 Å². The molecule has 0 heterocycles. The lowest BCUT2D eigenvalue weighted by molar-refractivity contribution is 0.583. The van der Waals surface area contributed by atoms with Gasteiger partial charge in [-0.3, -0.25) is 0 Å². The Morgan fingerprint density at radius 3 is 2.53 bits per heavy atom. The molecule has 0 fully saturated rings. The van der Waals surface area contributed by atoms with Crippen molar-refractivity contribution >= 4 is 27.5 Å². The van der Waals surface area contributed by atoms with E-state index in [0.29, 0.717) is 11.4 Å². The third-order valence-corrected chi connectivity index (χ3v) is 4.08. The molecule has 0 radical (unpaired) electrons. The van der Waals surface area contributed by atoms with Gasteiger partial charge in [0.15, 0.2) is 0 Å². The number of hydrogen-bond acceptors (Lipinski definition) is 1. The van der Waals surface area contributed by atoms with E-state index < -0.39 is 0 Å². The van der Waals surface area contributed by atoms with Crippen LogP contribution in [0.2, 0.25) is 5.02 Å². The molecule has 0 aliphatic rings. The van der Waals surface area contributed by atoms with Gasteiger partial charge in [-0.2, -0.15) is 0 Å². The predicted octanol–water partition coefficient (Wildman–Crippen LogP) is 4.74. The largest absolute Gasteiger partial charge is 0.313 e. The van der Waals surface area contributed by atoms with Gasteiger partial charge < -0.3 is 5.32 Å². The summed E-state index contributed by atoms with van der Waals surface area (Å²) in [5.41, 5.74) is 2.07. The predicted molar refractivity (Wildman–Crippen MR) is 81.1 cm³/mol. The first-order chi connectivity index (χ1) is 9.10. The Morgan fingerprint density at radius 2 is 1.89 bits per heavy atom. The van der Waals surface area contributed by atoms with E-state index in [9.17, 15) is 4.39 Å². The van der Waals surface area contributed by atoms with Crippen LogP contribution in [0.3, 0.4) is 0 Å². The number of hydrogen-bond donors (Lipinski definition) is 1. The molecule has 0 saturated carbocycles. The Balaban J connectivity index is 2.23. The summed E-state index contributed by atoms with van der Waals surface area (Å²) in [5.74, 6) is -0.218. The van der Waals surface area contributed by atoms with Crippen molar-refractivity contribution in [2.24, 2.45) is 0 Å². The second-order valence-corrected chi connectivity index (χ2v) is 5.62. The highest BCUT2D eigenvalue weighted by Crippen LogP contribution is 2.25. The van der Waals surface area contributed by atoms with Crippen LogP contribution in [0.4, 0.5) is 4.39 Å². The number of likely N-dealkylation sites (N-methyl/N-ethyl adjacent to an activating group) is 1. The van der Waals surface area contributed by atoms with Gasteiger partial charge >= 0.3 is 0 Å². The summed E-state index contributed by atoms with van der Waals surface area (Å²) in [4.78, 5) is 0. The van der Waals surface area contributed by atoms with Crippen LogP contribution < -0.4 is 5.32 Å². The smallest absolute Gasteiger partial charge is 0.123 e. The molecule has 1 N–H and O–H groups in total. The standard InChI is InChI=1S/C15H14BrClFN/c1-19-15(10-2-4-12(17)5-3-10)9-11-8-13(18)6-7-14(11)16/h2-8,15,19H,9H2,1H3. The summed E-state index contributed by atoms with van der Waals surface area (Å²) >= 11 is 9.34. The Labute approximate surface area is 125 Å². The number of halogens is 3. The van der Waals surface area contributed by atoms with Gasteiger partial charge in [-0.05, 0) is 54.9 Å². The average Bonchev–Trinajstić information content (AvgIpc) is 2.41. The molecule has 0 aromatic heterocycles. The molecule has 0 amide bonds. The highest BCUT2D eigenvalue weighted by atomic mass is 79.9. The maximum Gasteiger partial charge on any atom is 0.123 e. The quantitative estimate of drug-likeness (QED) is 0.846. The van der Waals surface area contributed by atoms with Gasteiger partial charge in [0.25, 0.3) is 0 Å². The first-order valence-electron chi connectivity index (χ1n) is 5.97. The van der Waals surface area contributed by atoms with E-state index >= 15 is 0 Å². The number of nitrogens with one attached hydrogen (secondary N) is 1. The van der Waals surface area contributed by atoms with E-state index in [4.69, 9.17) is 11.6 Å². The molecule has 0 aliphatic carbocycles. The van der Waals surface area contributed by atoms with Gasteiger partial charge in [0.05, 0.1) is 0 Å². The fourth-order valence-corrected chi connectivity index (χ4v) is 2.54. The highest BCUT2D eigenvalue weighted by Gasteiger charge is 2.12. The molecule has 2 aromatic rings. The van der Waals surface area contributed by atoms with E-state index in [0.717, 1.165) is 15.6 Å². The maximum atomic E-state index is 13.3. The average molecular weight is 343 g/mol.